The number of thiazole rings is 1. The molecule has 4 aromatic rings. The fraction of sp³-hybridized carbons (Fsp3) is 0.321. The third-order valence-electron chi connectivity index (χ3n) is 6.07. The van der Waals surface area contributed by atoms with Gasteiger partial charge in [0, 0.05) is 36.5 Å². The molecule has 218 valence electrons. The molecule has 1 amide bonds. The first-order chi connectivity index (χ1) is 19.2. The van der Waals surface area contributed by atoms with E-state index in [0.29, 0.717) is 37.7 Å². The Morgan fingerprint density at radius 3 is 2.44 bits per heavy atom. The average molecular weight is 643 g/mol. The van der Waals surface area contributed by atoms with Crippen LogP contribution in [-0.2, 0) is 6.18 Å². The van der Waals surface area contributed by atoms with Gasteiger partial charge in [-0.25, -0.2) is 4.98 Å². The van der Waals surface area contributed by atoms with Crippen molar-refractivity contribution in [3.05, 3.63) is 69.0 Å². The Hall–Kier alpha value is -2.57. The zero-order valence-corrected chi connectivity index (χ0v) is 26.1. The van der Waals surface area contributed by atoms with Gasteiger partial charge in [0.1, 0.15) is 5.69 Å². The lowest BCUT2D eigenvalue weighted by molar-refractivity contribution is -0.137. The number of likely N-dealkylation sites (N-methyl/N-ethyl adjacent to an activating group) is 1. The van der Waals surface area contributed by atoms with Gasteiger partial charge in [0.15, 0.2) is 0 Å². The lowest BCUT2D eigenvalue weighted by Crippen LogP contribution is -2.33. The third kappa shape index (κ3) is 6.75. The Morgan fingerprint density at radius 1 is 1.12 bits per heavy atom. The number of carbonyl (C=O) groups excluding carboxylic acids is 1. The normalized spacial score (nSPS) is 11.9. The number of nitrogens with zero attached hydrogens (tertiary/aromatic N) is 4. The SMILES string of the molecule is Cc1cc(-c2c(C)nn(-c3nc(-c4ccc(Cl)c(Cl)c4)c(SC(C)C)s3)c2C(=O)N(C)CCN)cc(C(F)(F)F)c1. The third-order valence-corrected chi connectivity index (χ3v) is 9.05. The molecule has 0 bridgehead atoms. The highest BCUT2D eigenvalue weighted by molar-refractivity contribution is 8.01. The standard InChI is InChI=1S/C28H28Cl2F3N5OS2/c1-14(2)40-26-23(17-6-7-20(29)21(30)13-17)35-27(41-26)38-24(25(39)37(5)9-8-34)22(16(4)36-38)18-10-15(3)11-19(12-18)28(31,32)33/h6-7,10-14H,8-9,34H2,1-5H3. The summed E-state index contributed by atoms with van der Waals surface area (Å²) in [6.45, 7) is 7.79. The van der Waals surface area contributed by atoms with Crippen molar-refractivity contribution in [2.45, 2.75) is 43.3 Å². The van der Waals surface area contributed by atoms with Crippen LogP contribution in [0.4, 0.5) is 13.2 Å². The number of hydrogen-bond acceptors (Lipinski definition) is 6. The van der Waals surface area contributed by atoms with Gasteiger partial charge in [0.2, 0.25) is 5.13 Å². The Bertz CT molecular complexity index is 1600. The summed E-state index contributed by atoms with van der Waals surface area (Å²) >= 11 is 15.4. The number of aryl methyl sites for hydroxylation is 2. The van der Waals surface area contributed by atoms with E-state index in [0.717, 1.165) is 21.9 Å². The van der Waals surface area contributed by atoms with Crippen molar-refractivity contribution in [2.75, 3.05) is 20.1 Å². The molecule has 0 aliphatic rings. The molecule has 41 heavy (non-hydrogen) atoms. The lowest BCUT2D eigenvalue weighted by Gasteiger charge is -2.18. The molecule has 0 atom stereocenters. The van der Waals surface area contributed by atoms with Crippen molar-refractivity contribution in [3.8, 4) is 27.5 Å². The summed E-state index contributed by atoms with van der Waals surface area (Å²) in [7, 11) is 1.59. The van der Waals surface area contributed by atoms with Gasteiger partial charge in [-0.1, -0.05) is 60.5 Å². The quantitative estimate of drug-likeness (QED) is 0.197. The number of nitrogens with two attached hydrogens (primary N) is 1. The summed E-state index contributed by atoms with van der Waals surface area (Å²) in [5.74, 6) is -0.439. The molecule has 6 nitrogen and oxygen atoms in total. The minimum Gasteiger partial charge on any atom is -0.339 e. The maximum atomic E-state index is 13.9. The van der Waals surface area contributed by atoms with E-state index >= 15 is 0 Å². The second kappa shape index (κ2) is 12.3. The minimum atomic E-state index is -4.56. The van der Waals surface area contributed by atoms with Gasteiger partial charge in [-0.15, -0.1) is 11.8 Å². The molecule has 2 N–H and O–H groups in total. The molecule has 2 heterocycles. The summed E-state index contributed by atoms with van der Waals surface area (Å²) < 4.78 is 43.5. The predicted molar refractivity (Wildman–Crippen MR) is 162 cm³/mol. The number of aromatic nitrogens is 3. The lowest BCUT2D eigenvalue weighted by atomic mass is 9.98. The number of rotatable bonds is 8. The summed E-state index contributed by atoms with van der Waals surface area (Å²) in [6.07, 6.45) is -4.56. The average Bonchev–Trinajstić information content (AvgIpc) is 3.44. The Balaban J connectivity index is 1.99. The number of carbonyl (C=O) groups is 1. The molecule has 0 radical (unpaired) electrons. The number of benzene rings is 2. The first-order valence-electron chi connectivity index (χ1n) is 12.6. The second-order valence-electron chi connectivity index (χ2n) is 9.75. The van der Waals surface area contributed by atoms with Gasteiger partial charge in [-0.3, -0.25) is 4.79 Å². The molecule has 0 aliphatic carbocycles. The van der Waals surface area contributed by atoms with E-state index in [4.69, 9.17) is 33.9 Å². The molecule has 2 aromatic heterocycles. The highest BCUT2D eigenvalue weighted by atomic mass is 35.5. The van der Waals surface area contributed by atoms with Gasteiger partial charge < -0.3 is 10.6 Å². The Kier molecular flexibility index (Phi) is 9.45. The van der Waals surface area contributed by atoms with E-state index in [1.165, 1.54) is 20.9 Å². The molecule has 0 saturated heterocycles. The zero-order valence-electron chi connectivity index (χ0n) is 22.9. The van der Waals surface area contributed by atoms with Crippen molar-refractivity contribution in [3.63, 3.8) is 0 Å². The monoisotopic (exact) mass is 641 g/mol. The number of amides is 1. The van der Waals surface area contributed by atoms with Gasteiger partial charge in [-0.05, 0) is 49.2 Å². The van der Waals surface area contributed by atoms with Crippen LogP contribution in [-0.4, -0.2) is 51.0 Å². The van der Waals surface area contributed by atoms with Crippen molar-refractivity contribution in [2.24, 2.45) is 5.73 Å². The van der Waals surface area contributed by atoms with E-state index in [2.05, 4.69) is 5.10 Å². The van der Waals surface area contributed by atoms with Crippen LogP contribution in [0.3, 0.4) is 0 Å². The van der Waals surface area contributed by atoms with Crippen molar-refractivity contribution < 1.29 is 18.0 Å². The molecule has 0 unspecified atom stereocenters. The highest BCUT2D eigenvalue weighted by Crippen LogP contribution is 2.42. The molecule has 0 fully saturated rings. The van der Waals surface area contributed by atoms with Gasteiger partial charge >= 0.3 is 6.18 Å². The van der Waals surface area contributed by atoms with Gasteiger partial charge in [-0.2, -0.15) is 23.0 Å². The molecular formula is C28H28Cl2F3N5OS2. The number of alkyl halides is 3. The van der Waals surface area contributed by atoms with E-state index in [9.17, 15) is 18.0 Å². The van der Waals surface area contributed by atoms with Crippen LogP contribution in [0.5, 0.6) is 0 Å². The van der Waals surface area contributed by atoms with Gasteiger partial charge in [0.25, 0.3) is 5.91 Å². The molecule has 0 saturated carbocycles. The van der Waals surface area contributed by atoms with Crippen molar-refractivity contribution >= 4 is 52.2 Å². The predicted octanol–water partition coefficient (Wildman–Crippen LogP) is 8.14. The number of hydrogen-bond donors (Lipinski definition) is 1. The van der Waals surface area contributed by atoms with Crippen LogP contribution in [0.15, 0.2) is 40.6 Å². The fourth-order valence-corrected chi connectivity index (χ4v) is 7.06. The smallest absolute Gasteiger partial charge is 0.339 e. The minimum absolute atomic E-state index is 0.104. The van der Waals surface area contributed by atoms with E-state index < -0.39 is 17.6 Å². The summed E-state index contributed by atoms with van der Waals surface area (Å²) in [4.78, 5) is 20.1. The molecule has 0 spiro atoms. The number of halogens is 5. The van der Waals surface area contributed by atoms with E-state index in [1.54, 1.807) is 50.9 Å². The van der Waals surface area contributed by atoms with Crippen molar-refractivity contribution in [1.82, 2.24) is 19.7 Å². The largest absolute Gasteiger partial charge is 0.416 e. The first kappa shape index (κ1) is 31.4. The summed E-state index contributed by atoms with van der Waals surface area (Å²) in [5, 5.41) is 6.02. The van der Waals surface area contributed by atoms with Crippen LogP contribution >= 0.6 is 46.3 Å². The van der Waals surface area contributed by atoms with Crippen LogP contribution in [0.2, 0.25) is 10.0 Å². The van der Waals surface area contributed by atoms with Crippen LogP contribution in [0.25, 0.3) is 27.5 Å². The Morgan fingerprint density at radius 2 is 1.83 bits per heavy atom. The zero-order chi connectivity index (χ0) is 30.2. The Labute approximate surface area is 254 Å². The maximum absolute atomic E-state index is 13.9. The fourth-order valence-electron chi connectivity index (χ4n) is 4.28. The number of thioether (sulfide) groups is 1. The second-order valence-corrected chi connectivity index (χ2v) is 13.4. The van der Waals surface area contributed by atoms with Crippen LogP contribution in [0, 0.1) is 13.8 Å². The van der Waals surface area contributed by atoms with Crippen LogP contribution in [0.1, 0.15) is 41.2 Å². The topological polar surface area (TPSA) is 77.0 Å². The maximum Gasteiger partial charge on any atom is 0.416 e. The van der Waals surface area contributed by atoms with E-state index in [1.807, 2.05) is 19.9 Å². The molecule has 13 heteroatoms. The molecule has 4 rings (SSSR count). The molecular weight excluding hydrogens is 614 g/mol. The summed E-state index contributed by atoms with van der Waals surface area (Å²) in [6, 6.07) is 8.95. The van der Waals surface area contributed by atoms with E-state index in [-0.39, 0.29) is 29.6 Å². The first-order valence-corrected chi connectivity index (χ1v) is 15.0. The highest BCUT2D eigenvalue weighted by Gasteiger charge is 2.33. The van der Waals surface area contributed by atoms with Crippen LogP contribution < -0.4 is 5.73 Å². The van der Waals surface area contributed by atoms with Crippen molar-refractivity contribution in [1.29, 1.82) is 0 Å². The van der Waals surface area contributed by atoms with Gasteiger partial charge in [0.05, 0.1) is 31.2 Å². The molecule has 0 aliphatic heterocycles. The molecule has 2 aromatic carbocycles. The summed E-state index contributed by atoms with van der Waals surface area (Å²) in [5.41, 5.74) is 7.72.